The molecule has 0 atom stereocenters. The van der Waals surface area contributed by atoms with Gasteiger partial charge in [-0.1, -0.05) is 44.2 Å². The number of benzene rings is 2. The monoisotopic (exact) mass is 394 g/mol. The molecule has 0 fully saturated rings. The van der Waals surface area contributed by atoms with E-state index >= 15 is 0 Å². The van der Waals surface area contributed by atoms with E-state index in [2.05, 4.69) is 30.5 Å². The maximum atomic E-state index is 6.02. The molecule has 0 amide bonds. The smallest absolute Gasteiger partial charge is 0.124 e. The van der Waals surface area contributed by atoms with Crippen LogP contribution in [-0.2, 0) is 24.5 Å². The normalized spacial score (nSPS) is 11.1. The molecule has 5 heteroatoms. The first kappa shape index (κ1) is 20.9. The Morgan fingerprint density at radius 1 is 0.931 bits per heavy atom. The number of methoxy groups -OCH3 is 2. The van der Waals surface area contributed by atoms with Gasteiger partial charge in [0.15, 0.2) is 0 Å². The fourth-order valence-corrected chi connectivity index (χ4v) is 3.44. The van der Waals surface area contributed by atoms with Crippen molar-refractivity contribution in [3.63, 3.8) is 0 Å². The molecule has 0 saturated heterocycles. The van der Waals surface area contributed by atoms with E-state index in [4.69, 9.17) is 19.2 Å². The van der Waals surface area contributed by atoms with Gasteiger partial charge in [0.25, 0.3) is 0 Å². The van der Waals surface area contributed by atoms with Crippen LogP contribution in [0, 0.1) is 6.92 Å². The van der Waals surface area contributed by atoms with E-state index in [9.17, 15) is 0 Å². The first-order chi connectivity index (χ1) is 14.0. The number of hydrogen-bond acceptors (Lipinski definition) is 4. The summed E-state index contributed by atoms with van der Waals surface area (Å²) >= 11 is 0. The average Bonchev–Trinajstić information content (AvgIpc) is 3.04. The van der Waals surface area contributed by atoms with Crippen LogP contribution in [0.4, 0.5) is 0 Å². The number of nitrogens with zero attached hydrogens (tertiary/aromatic N) is 2. The minimum Gasteiger partial charge on any atom is -0.497 e. The third kappa shape index (κ3) is 5.18. The lowest BCUT2D eigenvalue weighted by atomic mass is 10.0. The molecule has 0 aliphatic rings. The minimum atomic E-state index is 0.326. The second kappa shape index (κ2) is 9.61. The van der Waals surface area contributed by atoms with E-state index in [1.165, 1.54) is 5.69 Å². The second-order valence-corrected chi connectivity index (χ2v) is 7.43. The van der Waals surface area contributed by atoms with Crippen LogP contribution >= 0.6 is 0 Å². The van der Waals surface area contributed by atoms with Gasteiger partial charge in [-0.2, -0.15) is 0 Å². The van der Waals surface area contributed by atoms with Crippen molar-refractivity contribution in [3.05, 3.63) is 76.9 Å². The molecule has 2 aromatic carbocycles. The predicted octanol–water partition coefficient (Wildman–Crippen LogP) is 5.10. The quantitative estimate of drug-likeness (QED) is 0.507. The van der Waals surface area contributed by atoms with Crippen molar-refractivity contribution in [2.45, 2.75) is 46.4 Å². The van der Waals surface area contributed by atoms with E-state index in [-0.39, 0.29) is 0 Å². The molecule has 1 heterocycles. The summed E-state index contributed by atoms with van der Waals surface area (Å²) < 4.78 is 19.1. The molecule has 0 spiro atoms. The van der Waals surface area contributed by atoms with Gasteiger partial charge < -0.3 is 18.8 Å². The predicted molar refractivity (Wildman–Crippen MR) is 115 cm³/mol. The van der Waals surface area contributed by atoms with E-state index in [1.807, 2.05) is 43.3 Å². The zero-order valence-corrected chi connectivity index (χ0v) is 17.9. The Bertz CT molecular complexity index is 911. The Labute approximate surface area is 173 Å². The van der Waals surface area contributed by atoms with Crippen LogP contribution < -0.4 is 9.47 Å². The Kier molecular flexibility index (Phi) is 6.94. The summed E-state index contributed by atoms with van der Waals surface area (Å²) in [5.74, 6) is 2.86. The van der Waals surface area contributed by atoms with Crippen molar-refractivity contribution in [3.8, 4) is 11.5 Å². The highest BCUT2D eigenvalue weighted by molar-refractivity contribution is 5.41. The molecule has 0 bridgehead atoms. The molecule has 0 radical (unpaired) electrons. The van der Waals surface area contributed by atoms with Gasteiger partial charge in [0.2, 0.25) is 0 Å². The Morgan fingerprint density at radius 3 is 2.17 bits per heavy atom. The lowest BCUT2D eigenvalue weighted by Crippen LogP contribution is -2.10. The first-order valence-corrected chi connectivity index (χ1v) is 9.91. The molecule has 154 valence electrons. The first-order valence-electron chi connectivity index (χ1n) is 9.91. The molecular formula is C24H30N2O3. The number of hydrogen-bond donors (Lipinski definition) is 0. The van der Waals surface area contributed by atoms with Crippen molar-refractivity contribution in [1.29, 1.82) is 0 Å². The Hall–Kier alpha value is -2.79. The van der Waals surface area contributed by atoms with Gasteiger partial charge in [-0.3, -0.25) is 0 Å². The number of rotatable bonds is 9. The average molecular weight is 395 g/mol. The third-order valence-electron chi connectivity index (χ3n) is 4.96. The van der Waals surface area contributed by atoms with Crippen LogP contribution in [0.25, 0.3) is 0 Å². The van der Waals surface area contributed by atoms with Crippen LogP contribution in [0.5, 0.6) is 11.5 Å². The lowest BCUT2D eigenvalue weighted by molar-refractivity contribution is 0.0611. The van der Waals surface area contributed by atoms with Gasteiger partial charge in [0, 0.05) is 18.2 Å². The molecule has 29 heavy (non-hydrogen) atoms. The second-order valence-electron chi connectivity index (χ2n) is 7.43. The van der Waals surface area contributed by atoms with E-state index in [0.29, 0.717) is 19.3 Å². The molecule has 0 N–H and O–H groups in total. The van der Waals surface area contributed by atoms with Crippen LogP contribution in [-0.4, -0.2) is 23.8 Å². The van der Waals surface area contributed by atoms with Crippen molar-refractivity contribution in [2.24, 2.45) is 0 Å². The Morgan fingerprint density at radius 2 is 1.59 bits per heavy atom. The summed E-state index contributed by atoms with van der Waals surface area (Å²) in [4.78, 5) is 4.84. The maximum Gasteiger partial charge on any atom is 0.124 e. The molecular weight excluding hydrogens is 364 g/mol. The topological polar surface area (TPSA) is 45.5 Å². The number of aryl methyl sites for hydroxylation is 1. The van der Waals surface area contributed by atoms with Gasteiger partial charge in [-0.15, -0.1) is 0 Å². The van der Waals surface area contributed by atoms with Gasteiger partial charge in [-0.25, -0.2) is 4.98 Å². The highest BCUT2D eigenvalue weighted by atomic mass is 16.5. The number of aromatic nitrogens is 2. The number of imidazole rings is 1. The van der Waals surface area contributed by atoms with Gasteiger partial charge in [0.05, 0.1) is 26.5 Å². The molecule has 1 aromatic heterocycles. The van der Waals surface area contributed by atoms with Crippen molar-refractivity contribution in [2.75, 3.05) is 14.2 Å². The summed E-state index contributed by atoms with van der Waals surface area (Å²) in [5.41, 5.74) is 4.55. The minimum absolute atomic E-state index is 0.326. The summed E-state index contributed by atoms with van der Waals surface area (Å²) in [6.45, 7) is 7.42. The van der Waals surface area contributed by atoms with E-state index in [1.54, 1.807) is 14.2 Å². The highest BCUT2D eigenvalue weighted by Gasteiger charge is 2.18. The van der Waals surface area contributed by atoms with Crippen molar-refractivity contribution in [1.82, 2.24) is 9.55 Å². The molecule has 3 aromatic rings. The molecule has 0 unspecified atom stereocenters. The van der Waals surface area contributed by atoms with Gasteiger partial charge in [-0.05, 0) is 36.1 Å². The Balaban J connectivity index is 1.86. The van der Waals surface area contributed by atoms with Crippen LogP contribution in [0.1, 0.15) is 48.1 Å². The van der Waals surface area contributed by atoms with Crippen molar-refractivity contribution < 1.29 is 14.2 Å². The van der Waals surface area contributed by atoms with Crippen LogP contribution in [0.3, 0.4) is 0 Å². The lowest BCUT2D eigenvalue weighted by Gasteiger charge is -2.15. The fraction of sp³-hybridized carbons (Fsp3) is 0.375. The highest BCUT2D eigenvalue weighted by Crippen LogP contribution is 2.28. The van der Waals surface area contributed by atoms with E-state index in [0.717, 1.165) is 40.6 Å². The van der Waals surface area contributed by atoms with Crippen LogP contribution in [0.15, 0.2) is 48.5 Å². The van der Waals surface area contributed by atoms with Gasteiger partial charge >= 0.3 is 0 Å². The molecule has 3 rings (SSSR count). The maximum absolute atomic E-state index is 6.02. The standard InChI is InChI=1S/C24H30N2O3/c1-17(2)24-23(13-20-11-21(27-4)14-22(12-20)28-5)26(18(3)25-24)16-29-15-19-9-7-6-8-10-19/h6-12,14,17H,13,15-16H2,1-5H3. The van der Waals surface area contributed by atoms with E-state index < -0.39 is 0 Å². The largest absolute Gasteiger partial charge is 0.497 e. The zero-order chi connectivity index (χ0) is 20.8. The van der Waals surface area contributed by atoms with Crippen LogP contribution in [0.2, 0.25) is 0 Å². The zero-order valence-electron chi connectivity index (χ0n) is 17.9. The fourth-order valence-electron chi connectivity index (χ4n) is 3.44. The third-order valence-corrected chi connectivity index (χ3v) is 4.96. The molecule has 5 nitrogen and oxygen atoms in total. The molecule has 0 saturated carbocycles. The summed E-state index contributed by atoms with van der Waals surface area (Å²) in [5, 5.41) is 0. The SMILES string of the molecule is COc1cc(Cc2c(C(C)C)nc(C)n2COCc2ccccc2)cc(OC)c1. The summed E-state index contributed by atoms with van der Waals surface area (Å²) in [6.07, 6.45) is 0.733. The summed E-state index contributed by atoms with van der Waals surface area (Å²) in [7, 11) is 3.34. The molecule has 0 aliphatic heterocycles. The van der Waals surface area contributed by atoms with Crippen molar-refractivity contribution >= 4 is 0 Å². The molecule has 0 aliphatic carbocycles. The number of ether oxygens (including phenoxy) is 3. The summed E-state index contributed by atoms with van der Waals surface area (Å²) in [6, 6.07) is 16.2. The van der Waals surface area contributed by atoms with Gasteiger partial charge in [0.1, 0.15) is 24.1 Å².